The van der Waals surface area contributed by atoms with Crippen LogP contribution in [0.15, 0.2) is 24.3 Å². The van der Waals surface area contributed by atoms with Crippen molar-refractivity contribution in [3.05, 3.63) is 24.3 Å². The highest BCUT2D eigenvalue weighted by Crippen LogP contribution is 2.71. The van der Waals surface area contributed by atoms with E-state index in [0.717, 1.165) is 6.42 Å². The largest absolute Gasteiger partial charge is 0.297 e. The molecule has 5 rings (SSSR count). The van der Waals surface area contributed by atoms with Gasteiger partial charge >= 0.3 is 0 Å². The summed E-state index contributed by atoms with van der Waals surface area (Å²) in [4.78, 5) is 26.7. The monoisotopic (exact) mass is 290 g/mol. The summed E-state index contributed by atoms with van der Waals surface area (Å²) in [5.74, 6) is -1.41. The van der Waals surface area contributed by atoms with Gasteiger partial charge in [-0.2, -0.15) is 10.5 Å². The van der Waals surface area contributed by atoms with Gasteiger partial charge in [0.15, 0.2) is 11.6 Å². The van der Waals surface area contributed by atoms with Gasteiger partial charge in [0.1, 0.15) is 10.8 Å². The molecule has 0 aromatic rings. The molecule has 0 heterocycles. The van der Waals surface area contributed by atoms with Crippen LogP contribution in [0.4, 0.5) is 0 Å². The third-order valence-corrected chi connectivity index (χ3v) is 7.01. The van der Waals surface area contributed by atoms with E-state index in [1.54, 1.807) is 0 Å². The maximum Gasteiger partial charge on any atom is 0.160 e. The molecule has 108 valence electrons. The molecule has 4 heteroatoms. The SMILES string of the molecule is N#C[C@@]12C(=O)[C@H]3[C@H](C(=O)[C@]1(C#N)[C@H]1C=C[C@H]2C1)[C@@H]1C=C[C@@H]3C1. The predicted octanol–water partition coefficient (Wildman–Crippen LogP) is 1.80. The summed E-state index contributed by atoms with van der Waals surface area (Å²) in [7, 11) is 0. The standard InChI is InChI=1S/C18H14N2O2/c19-7-17-11-3-4-12(6-11)18(17,8-20)16(22)14-10-2-1-9(5-10)13(14)15(17)21/h1-4,9-14H,5-6H2/t9-,10-,11+,12+,13-,14-,17-,18+/m1/s1. The van der Waals surface area contributed by atoms with E-state index in [-0.39, 0.29) is 47.1 Å². The quantitative estimate of drug-likeness (QED) is 0.637. The number of hydrogen-bond acceptors (Lipinski definition) is 4. The second-order valence-corrected chi connectivity index (χ2v) is 7.40. The van der Waals surface area contributed by atoms with E-state index in [2.05, 4.69) is 12.1 Å². The van der Waals surface area contributed by atoms with Gasteiger partial charge in [0.05, 0.1) is 12.1 Å². The summed E-state index contributed by atoms with van der Waals surface area (Å²) >= 11 is 0. The number of rotatable bonds is 0. The van der Waals surface area contributed by atoms with Crippen molar-refractivity contribution < 1.29 is 9.59 Å². The molecule has 4 bridgehead atoms. The first kappa shape index (κ1) is 12.4. The minimum Gasteiger partial charge on any atom is -0.297 e. The van der Waals surface area contributed by atoms with Gasteiger partial charge in [-0.15, -0.1) is 0 Å². The Kier molecular flexibility index (Phi) is 1.91. The predicted molar refractivity (Wildman–Crippen MR) is 74.6 cm³/mol. The zero-order chi connectivity index (χ0) is 15.3. The van der Waals surface area contributed by atoms with E-state index in [1.807, 2.05) is 24.3 Å². The summed E-state index contributed by atoms with van der Waals surface area (Å²) in [6, 6.07) is 4.37. The Labute approximate surface area is 128 Å². The highest BCUT2D eigenvalue weighted by atomic mass is 16.1. The smallest absolute Gasteiger partial charge is 0.160 e. The Morgan fingerprint density at radius 2 is 1.27 bits per heavy atom. The molecule has 0 N–H and O–H groups in total. The van der Waals surface area contributed by atoms with E-state index in [4.69, 9.17) is 0 Å². The van der Waals surface area contributed by atoms with Crippen molar-refractivity contribution in [2.75, 3.05) is 0 Å². The second kappa shape index (κ2) is 3.41. The minimum absolute atomic E-state index is 0.0801. The molecule has 5 aliphatic rings. The Morgan fingerprint density at radius 3 is 1.68 bits per heavy atom. The molecule has 0 aliphatic heterocycles. The lowest BCUT2D eigenvalue weighted by molar-refractivity contribution is -0.158. The van der Waals surface area contributed by atoms with Gasteiger partial charge in [-0.1, -0.05) is 24.3 Å². The fourth-order valence-corrected chi connectivity index (χ4v) is 6.20. The maximum atomic E-state index is 13.3. The maximum absolute atomic E-state index is 13.3. The number of nitrogens with zero attached hydrogens (tertiary/aromatic N) is 2. The zero-order valence-corrected chi connectivity index (χ0v) is 11.9. The zero-order valence-electron chi connectivity index (χ0n) is 11.9. The van der Waals surface area contributed by atoms with E-state index >= 15 is 0 Å². The molecule has 0 amide bonds. The molecular weight excluding hydrogens is 276 g/mol. The van der Waals surface area contributed by atoms with Crippen molar-refractivity contribution in [2.45, 2.75) is 12.8 Å². The van der Waals surface area contributed by atoms with E-state index in [0.29, 0.717) is 6.42 Å². The van der Waals surface area contributed by atoms with Crippen LogP contribution in [0, 0.1) is 69.0 Å². The van der Waals surface area contributed by atoms with Crippen LogP contribution in [0.25, 0.3) is 0 Å². The molecule has 0 unspecified atom stereocenters. The van der Waals surface area contributed by atoms with Crippen LogP contribution < -0.4 is 0 Å². The highest BCUT2D eigenvalue weighted by Gasteiger charge is 2.80. The first-order valence-electron chi connectivity index (χ1n) is 7.89. The Balaban J connectivity index is 1.82. The van der Waals surface area contributed by atoms with Crippen LogP contribution in [0.5, 0.6) is 0 Å². The Morgan fingerprint density at radius 1 is 0.818 bits per heavy atom. The van der Waals surface area contributed by atoms with E-state index < -0.39 is 10.8 Å². The lowest BCUT2D eigenvalue weighted by Gasteiger charge is -2.49. The summed E-state index contributed by atoms with van der Waals surface area (Å²) in [6.45, 7) is 0. The normalized spacial score (nSPS) is 55.9. The van der Waals surface area contributed by atoms with E-state index in [9.17, 15) is 20.1 Å². The molecule has 0 saturated heterocycles. The average Bonchev–Trinajstić information content (AvgIpc) is 3.29. The third-order valence-electron chi connectivity index (χ3n) is 7.01. The second-order valence-electron chi connectivity index (χ2n) is 7.40. The number of ketones is 2. The third kappa shape index (κ3) is 0.898. The molecule has 3 fully saturated rings. The molecule has 4 nitrogen and oxygen atoms in total. The lowest BCUT2D eigenvalue weighted by Crippen LogP contribution is -2.63. The number of Topliss-reactive ketones (excluding diaryl/α,β-unsaturated/α-hetero) is 2. The molecule has 5 aliphatic carbocycles. The molecular formula is C18H14N2O2. The van der Waals surface area contributed by atoms with Gasteiger partial charge in [0.2, 0.25) is 0 Å². The molecule has 22 heavy (non-hydrogen) atoms. The van der Waals surface area contributed by atoms with Crippen LogP contribution in [0.2, 0.25) is 0 Å². The van der Waals surface area contributed by atoms with Crippen LogP contribution in [-0.2, 0) is 9.59 Å². The van der Waals surface area contributed by atoms with Gasteiger partial charge in [0.25, 0.3) is 0 Å². The molecule has 0 aromatic carbocycles. The molecule has 8 atom stereocenters. The van der Waals surface area contributed by atoms with Crippen LogP contribution in [-0.4, -0.2) is 11.6 Å². The number of carbonyl (C=O) groups excluding carboxylic acids is 2. The molecule has 3 saturated carbocycles. The van der Waals surface area contributed by atoms with Crippen molar-refractivity contribution in [3.63, 3.8) is 0 Å². The molecule has 0 radical (unpaired) electrons. The summed E-state index contributed by atoms with van der Waals surface area (Å²) in [5, 5.41) is 19.8. The minimum atomic E-state index is -1.45. The topological polar surface area (TPSA) is 81.7 Å². The van der Waals surface area contributed by atoms with Crippen molar-refractivity contribution in [2.24, 2.45) is 46.3 Å². The number of hydrogen-bond donors (Lipinski definition) is 0. The first-order chi connectivity index (χ1) is 10.6. The van der Waals surface area contributed by atoms with Crippen molar-refractivity contribution in [1.29, 1.82) is 10.5 Å². The number of nitriles is 2. The average molecular weight is 290 g/mol. The van der Waals surface area contributed by atoms with E-state index in [1.165, 1.54) is 0 Å². The van der Waals surface area contributed by atoms with Gasteiger partial charge in [-0.25, -0.2) is 0 Å². The Bertz CT molecular complexity index is 720. The number of allylic oxidation sites excluding steroid dienone is 4. The summed E-state index contributed by atoms with van der Waals surface area (Å²) in [5.41, 5.74) is -2.89. The molecule has 0 aromatic heterocycles. The Hall–Kier alpha value is -2.20. The summed E-state index contributed by atoms with van der Waals surface area (Å²) < 4.78 is 0. The highest BCUT2D eigenvalue weighted by molar-refractivity contribution is 6.10. The number of carbonyl (C=O) groups is 2. The van der Waals surface area contributed by atoms with Gasteiger partial charge in [0, 0.05) is 23.7 Å². The van der Waals surface area contributed by atoms with Crippen LogP contribution >= 0.6 is 0 Å². The number of fused-ring (bicyclic) bond motifs is 10. The van der Waals surface area contributed by atoms with Gasteiger partial charge in [-0.05, 0) is 24.7 Å². The first-order valence-corrected chi connectivity index (χ1v) is 7.89. The lowest BCUT2D eigenvalue weighted by atomic mass is 9.46. The fourth-order valence-electron chi connectivity index (χ4n) is 6.20. The summed E-state index contributed by atoms with van der Waals surface area (Å²) in [6.07, 6.45) is 9.24. The van der Waals surface area contributed by atoms with Crippen molar-refractivity contribution >= 4 is 11.6 Å². The molecule has 0 spiro atoms. The van der Waals surface area contributed by atoms with Gasteiger partial charge < -0.3 is 0 Å². The van der Waals surface area contributed by atoms with Crippen LogP contribution in [0.3, 0.4) is 0 Å². The fraction of sp³-hybridized carbons (Fsp3) is 0.556. The van der Waals surface area contributed by atoms with Gasteiger partial charge in [-0.3, -0.25) is 9.59 Å². The van der Waals surface area contributed by atoms with Crippen LogP contribution in [0.1, 0.15) is 12.8 Å². The van der Waals surface area contributed by atoms with Crippen molar-refractivity contribution in [1.82, 2.24) is 0 Å². The van der Waals surface area contributed by atoms with Crippen molar-refractivity contribution in [3.8, 4) is 12.1 Å².